The molecule has 0 aliphatic heterocycles. The van der Waals surface area contributed by atoms with E-state index in [1.165, 1.54) is 0 Å². The molecule has 2 aromatic heterocycles. The molecule has 8 heteroatoms. The van der Waals surface area contributed by atoms with Crippen LogP contribution in [0.25, 0.3) is 0 Å². The quantitative estimate of drug-likeness (QED) is 0.445. The van der Waals surface area contributed by atoms with E-state index in [0.29, 0.717) is 37.6 Å². The van der Waals surface area contributed by atoms with Crippen LogP contribution in [0.5, 0.6) is 5.75 Å². The van der Waals surface area contributed by atoms with Crippen molar-refractivity contribution in [3.05, 3.63) is 65.9 Å². The first-order chi connectivity index (χ1) is 14.6. The Labute approximate surface area is 176 Å². The molecule has 0 saturated heterocycles. The highest BCUT2D eigenvalue weighted by atomic mass is 16.5. The summed E-state index contributed by atoms with van der Waals surface area (Å²) in [7, 11) is 1.64. The third-order valence-electron chi connectivity index (χ3n) is 4.39. The fourth-order valence-corrected chi connectivity index (χ4v) is 2.76. The molecule has 0 spiro atoms. The Morgan fingerprint density at radius 2 is 1.73 bits per heavy atom. The highest BCUT2D eigenvalue weighted by molar-refractivity contribution is 5.76. The van der Waals surface area contributed by atoms with Gasteiger partial charge in [0.1, 0.15) is 17.4 Å². The number of carbonyl (C=O) groups is 1. The Balaban J connectivity index is 1.34. The standard InChI is InChI=1S/C22H26N6O2/c1-16-11-12-23-21(15-16)26-20-9-8-19(27-28-20)24-13-14-25-22(29)10-5-17-3-6-18(30-2)7-4-17/h3-4,6-9,11-12,15H,5,10,13-14H2,1-2H3,(H,24,27)(H,25,29)(H,23,26,28). The van der Waals surface area contributed by atoms with Gasteiger partial charge >= 0.3 is 0 Å². The van der Waals surface area contributed by atoms with Gasteiger partial charge in [-0.2, -0.15) is 0 Å². The molecule has 156 valence electrons. The van der Waals surface area contributed by atoms with Crippen LogP contribution in [0.2, 0.25) is 0 Å². The maximum Gasteiger partial charge on any atom is 0.220 e. The van der Waals surface area contributed by atoms with Crippen molar-refractivity contribution < 1.29 is 9.53 Å². The zero-order chi connectivity index (χ0) is 21.2. The Morgan fingerprint density at radius 3 is 2.43 bits per heavy atom. The van der Waals surface area contributed by atoms with Gasteiger partial charge in [0.25, 0.3) is 0 Å². The summed E-state index contributed by atoms with van der Waals surface area (Å²) in [5.74, 6) is 2.81. The number of nitrogens with zero attached hydrogens (tertiary/aromatic N) is 3. The van der Waals surface area contributed by atoms with Gasteiger partial charge in [-0.05, 0) is 60.9 Å². The van der Waals surface area contributed by atoms with Crippen molar-refractivity contribution in [1.29, 1.82) is 0 Å². The summed E-state index contributed by atoms with van der Waals surface area (Å²) < 4.78 is 5.13. The number of carbonyl (C=O) groups excluding carboxylic acids is 1. The molecule has 3 rings (SSSR count). The first-order valence-electron chi connectivity index (χ1n) is 9.79. The molecule has 1 amide bonds. The number of aromatic nitrogens is 3. The predicted molar refractivity (Wildman–Crippen MR) is 117 cm³/mol. The topological polar surface area (TPSA) is 101 Å². The maximum atomic E-state index is 12.0. The van der Waals surface area contributed by atoms with Crippen molar-refractivity contribution in [2.24, 2.45) is 0 Å². The molecule has 0 fully saturated rings. The number of benzene rings is 1. The fourth-order valence-electron chi connectivity index (χ4n) is 2.76. The number of aryl methyl sites for hydroxylation is 2. The second-order valence-electron chi connectivity index (χ2n) is 6.77. The van der Waals surface area contributed by atoms with Gasteiger partial charge in [0.2, 0.25) is 5.91 Å². The first-order valence-corrected chi connectivity index (χ1v) is 9.79. The first kappa shape index (κ1) is 21.0. The van der Waals surface area contributed by atoms with Crippen molar-refractivity contribution in [2.45, 2.75) is 19.8 Å². The Morgan fingerprint density at radius 1 is 0.967 bits per heavy atom. The number of hydrogen-bond acceptors (Lipinski definition) is 7. The van der Waals surface area contributed by atoms with Crippen molar-refractivity contribution in [3.8, 4) is 5.75 Å². The van der Waals surface area contributed by atoms with E-state index in [4.69, 9.17) is 4.74 Å². The molecule has 3 aromatic rings. The molecule has 0 aliphatic rings. The molecular weight excluding hydrogens is 380 g/mol. The van der Waals surface area contributed by atoms with Gasteiger partial charge in [-0.1, -0.05) is 12.1 Å². The third-order valence-corrected chi connectivity index (χ3v) is 4.39. The summed E-state index contributed by atoms with van der Waals surface area (Å²) in [6, 6.07) is 15.3. The predicted octanol–water partition coefficient (Wildman–Crippen LogP) is 3.09. The van der Waals surface area contributed by atoms with Crippen LogP contribution in [0.1, 0.15) is 17.5 Å². The molecule has 0 unspecified atom stereocenters. The maximum absolute atomic E-state index is 12.0. The minimum Gasteiger partial charge on any atom is -0.497 e. The lowest BCUT2D eigenvalue weighted by molar-refractivity contribution is -0.120. The zero-order valence-corrected chi connectivity index (χ0v) is 17.2. The molecule has 0 radical (unpaired) electrons. The van der Waals surface area contributed by atoms with Crippen molar-refractivity contribution in [3.63, 3.8) is 0 Å². The van der Waals surface area contributed by atoms with E-state index in [-0.39, 0.29) is 5.91 Å². The number of nitrogens with one attached hydrogen (secondary N) is 3. The van der Waals surface area contributed by atoms with Gasteiger partial charge in [-0.25, -0.2) is 4.98 Å². The fraction of sp³-hybridized carbons (Fsp3) is 0.273. The SMILES string of the molecule is COc1ccc(CCC(=O)NCCNc2ccc(Nc3cc(C)ccn3)nn2)cc1. The van der Waals surface area contributed by atoms with E-state index in [2.05, 4.69) is 31.1 Å². The van der Waals surface area contributed by atoms with Gasteiger partial charge < -0.3 is 20.7 Å². The number of amides is 1. The van der Waals surface area contributed by atoms with Crippen LogP contribution in [-0.4, -0.2) is 41.3 Å². The zero-order valence-electron chi connectivity index (χ0n) is 17.2. The number of anilines is 3. The molecule has 0 bridgehead atoms. The average molecular weight is 406 g/mol. The minimum absolute atomic E-state index is 0.0175. The molecule has 0 atom stereocenters. The monoisotopic (exact) mass is 406 g/mol. The Kier molecular flexibility index (Phi) is 7.54. The lowest BCUT2D eigenvalue weighted by atomic mass is 10.1. The van der Waals surface area contributed by atoms with E-state index in [0.717, 1.165) is 22.7 Å². The van der Waals surface area contributed by atoms with Gasteiger partial charge in [0.05, 0.1) is 7.11 Å². The minimum atomic E-state index is 0.0175. The summed E-state index contributed by atoms with van der Waals surface area (Å²) in [4.78, 5) is 16.2. The number of hydrogen-bond donors (Lipinski definition) is 3. The lowest BCUT2D eigenvalue weighted by Crippen LogP contribution is -2.29. The van der Waals surface area contributed by atoms with Crippen LogP contribution in [0, 0.1) is 6.92 Å². The van der Waals surface area contributed by atoms with Crippen LogP contribution >= 0.6 is 0 Å². The Hall–Kier alpha value is -3.68. The third kappa shape index (κ3) is 6.73. The summed E-state index contributed by atoms with van der Waals surface area (Å²) in [6.07, 6.45) is 2.88. The van der Waals surface area contributed by atoms with Gasteiger partial charge in [-0.15, -0.1) is 10.2 Å². The number of pyridine rings is 1. The summed E-state index contributed by atoms with van der Waals surface area (Å²) in [5.41, 5.74) is 2.22. The molecule has 3 N–H and O–H groups in total. The molecule has 0 saturated carbocycles. The van der Waals surface area contributed by atoms with Gasteiger partial charge in [-0.3, -0.25) is 4.79 Å². The van der Waals surface area contributed by atoms with Crippen molar-refractivity contribution in [1.82, 2.24) is 20.5 Å². The summed E-state index contributed by atoms with van der Waals surface area (Å²) >= 11 is 0. The van der Waals surface area contributed by atoms with Gasteiger partial charge in [0.15, 0.2) is 5.82 Å². The summed E-state index contributed by atoms with van der Waals surface area (Å²) in [5, 5.41) is 17.4. The van der Waals surface area contributed by atoms with E-state index in [9.17, 15) is 4.79 Å². The highest BCUT2D eigenvalue weighted by Gasteiger charge is 2.03. The van der Waals surface area contributed by atoms with Crippen LogP contribution in [0.15, 0.2) is 54.7 Å². The molecule has 30 heavy (non-hydrogen) atoms. The van der Waals surface area contributed by atoms with Crippen molar-refractivity contribution >= 4 is 23.4 Å². The number of methoxy groups -OCH3 is 1. The second-order valence-corrected chi connectivity index (χ2v) is 6.77. The van der Waals surface area contributed by atoms with E-state index < -0.39 is 0 Å². The van der Waals surface area contributed by atoms with Crippen LogP contribution in [0.4, 0.5) is 17.5 Å². The largest absolute Gasteiger partial charge is 0.497 e. The average Bonchev–Trinajstić information content (AvgIpc) is 2.77. The van der Waals surface area contributed by atoms with E-state index in [1.807, 2.05) is 55.5 Å². The van der Waals surface area contributed by atoms with Crippen molar-refractivity contribution in [2.75, 3.05) is 30.8 Å². The summed E-state index contributed by atoms with van der Waals surface area (Å²) in [6.45, 7) is 3.08. The lowest BCUT2D eigenvalue weighted by Gasteiger charge is -2.08. The van der Waals surface area contributed by atoms with E-state index >= 15 is 0 Å². The van der Waals surface area contributed by atoms with E-state index in [1.54, 1.807) is 13.3 Å². The Bertz CT molecular complexity index is 945. The van der Waals surface area contributed by atoms with Gasteiger partial charge in [0, 0.05) is 25.7 Å². The molecule has 0 aliphatic carbocycles. The number of ether oxygens (including phenoxy) is 1. The molecule has 2 heterocycles. The van der Waals surface area contributed by atoms with Crippen LogP contribution in [-0.2, 0) is 11.2 Å². The number of rotatable bonds is 10. The normalized spacial score (nSPS) is 10.3. The smallest absolute Gasteiger partial charge is 0.220 e. The van der Waals surface area contributed by atoms with Crippen LogP contribution in [0.3, 0.4) is 0 Å². The van der Waals surface area contributed by atoms with Crippen LogP contribution < -0.4 is 20.7 Å². The molecule has 8 nitrogen and oxygen atoms in total. The highest BCUT2D eigenvalue weighted by Crippen LogP contribution is 2.14. The molecular formula is C22H26N6O2. The molecule has 1 aromatic carbocycles. The second kappa shape index (κ2) is 10.8.